The van der Waals surface area contributed by atoms with Crippen LogP contribution in [0.4, 0.5) is 0 Å². The van der Waals surface area contributed by atoms with Gasteiger partial charge in [-0.25, -0.2) is 4.98 Å². The van der Waals surface area contributed by atoms with Crippen LogP contribution in [0, 0.1) is 0 Å². The number of hydrogen-bond donors (Lipinski definition) is 1. The molecule has 2 rings (SSSR count). The zero-order valence-corrected chi connectivity index (χ0v) is 12.1. The van der Waals surface area contributed by atoms with Gasteiger partial charge in [0.05, 0.1) is 10.7 Å². The molecule has 0 aliphatic heterocycles. The normalized spacial score (nSPS) is 12.6. The van der Waals surface area contributed by atoms with Gasteiger partial charge in [0.25, 0.3) is 0 Å². The molecule has 0 radical (unpaired) electrons. The molecule has 0 aliphatic rings. The number of nitrogens with two attached hydrogens (primary N) is 1. The Bertz CT molecular complexity index is 494. The molecule has 4 heteroatoms. The third kappa shape index (κ3) is 3.63. The van der Waals surface area contributed by atoms with Crippen LogP contribution in [0.25, 0.3) is 11.3 Å². The van der Waals surface area contributed by atoms with E-state index in [2.05, 4.69) is 38.4 Å². The van der Waals surface area contributed by atoms with Crippen molar-refractivity contribution in [3.63, 3.8) is 0 Å². The fourth-order valence-electron chi connectivity index (χ4n) is 1.56. The van der Waals surface area contributed by atoms with Gasteiger partial charge in [-0.15, -0.1) is 11.3 Å². The third-order valence-electron chi connectivity index (χ3n) is 2.49. The van der Waals surface area contributed by atoms with Gasteiger partial charge in [0.1, 0.15) is 0 Å². The molecule has 0 saturated carbocycles. The Morgan fingerprint density at radius 1 is 1.47 bits per heavy atom. The van der Waals surface area contributed by atoms with Crippen LogP contribution in [0.2, 0.25) is 0 Å². The molecule has 1 atom stereocenters. The van der Waals surface area contributed by atoms with Gasteiger partial charge in [-0.05, 0) is 25.5 Å². The number of hydrogen-bond acceptors (Lipinski definition) is 3. The minimum atomic E-state index is 0.244. The van der Waals surface area contributed by atoms with Crippen molar-refractivity contribution in [2.75, 3.05) is 0 Å². The number of aryl methyl sites for hydroxylation is 1. The van der Waals surface area contributed by atoms with Gasteiger partial charge >= 0.3 is 0 Å². The maximum atomic E-state index is 5.75. The topological polar surface area (TPSA) is 38.9 Å². The van der Waals surface area contributed by atoms with Gasteiger partial charge in [-0.3, -0.25) is 0 Å². The molecule has 0 fully saturated rings. The van der Waals surface area contributed by atoms with Gasteiger partial charge in [-0.2, -0.15) is 0 Å². The lowest BCUT2D eigenvalue weighted by Gasteiger charge is -2.01. The summed E-state index contributed by atoms with van der Waals surface area (Å²) in [5, 5.41) is 3.27. The van der Waals surface area contributed by atoms with Gasteiger partial charge in [0, 0.05) is 27.9 Å². The highest BCUT2D eigenvalue weighted by Gasteiger charge is 2.05. The summed E-state index contributed by atoms with van der Waals surface area (Å²) in [5.74, 6) is 0. The first-order valence-electron chi connectivity index (χ1n) is 5.61. The first-order valence-corrected chi connectivity index (χ1v) is 7.28. The lowest BCUT2D eigenvalue weighted by Crippen LogP contribution is -2.15. The first-order chi connectivity index (χ1) is 8.15. The molecular formula is C13H15BrN2S. The van der Waals surface area contributed by atoms with E-state index < -0.39 is 0 Å². The maximum Gasteiger partial charge on any atom is 0.0933 e. The first kappa shape index (κ1) is 12.7. The van der Waals surface area contributed by atoms with Crippen LogP contribution in [0.15, 0.2) is 34.1 Å². The lowest BCUT2D eigenvalue weighted by atomic mass is 10.2. The molecule has 1 heterocycles. The summed E-state index contributed by atoms with van der Waals surface area (Å²) in [4.78, 5) is 4.64. The molecule has 17 heavy (non-hydrogen) atoms. The second-order valence-corrected chi connectivity index (χ2v) is 6.01. The summed E-state index contributed by atoms with van der Waals surface area (Å²) < 4.78 is 1.08. The fraction of sp³-hybridized carbons (Fsp3) is 0.308. The summed E-state index contributed by atoms with van der Waals surface area (Å²) in [6.07, 6.45) is 1.96. The van der Waals surface area contributed by atoms with Crippen molar-refractivity contribution in [3.8, 4) is 11.3 Å². The molecule has 1 aromatic heterocycles. The third-order valence-corrected chi connectivity index (χ3v) is 3.89. The molecule has 0 aliphatic carbocycles. The average molecular weight is 311 g/mol. The minimum absolute atomic E-state index is 0.244. The lowest BCUT2D eigenvalue weighted by molar-refractivity contribution is 0.664. The van der Waals surface area contributed by atoms with Crippen LogP contribution < -0.4 is 5.73 Å². The smallest absolute Gasteiger partial charge is 0.0933 e. The van der Waals surface area contributed by atoms with Crippen LogP contribution >= 0.6 is 27.3 Å². The monoisotopic (exact) mass is 310 g/mol. The summed E-state index contributed by atoms with van der Waals surface area (Å²) in [6.45, 7) is 2.03. The molecule has 90 valence electrons. The largest absolute Gasteiger partial charge is 0.328 e. The highest BCUT2D eigenvalue weighted by molar-refractivity contribution is 9.10. The van der Waals surface area contributed by atoms with E-state index in [0.717, 1.165) is 33.6 Å². The molecule has 0 bridgehead atoms. The van der Waals surface area contributed by atoms with Crippen LogP contribution in [-0.2, 0) is 6.42 Å². The van der Waals surface area contributed by atoms with Gasteiger partial charge in [-0.1, -0.05) is 28.1 Å². The number of aromatic nitrogens is 1. The zero-order valence-electron chi connectivity index (χ0n) is 9.69. The van der Waals surface area contributed by atoms with Crippen LogP contribution in [0.1, 0.15) is 18.4 Å². The summed E-state index contributed by atoms with van der Waals surface area (Å²) in [7, 11) is 0. The van der Waals surface area contributed by atoms with Crippen LogP contribution in [0.5, 0.6) is 0 Å². The Hall–Kier alpha value is -0.710. The average Bonchev–Trinajstić information content (AvgIpc) is 2.75. The molecule has 2 nitrogen and oxygen atoms in total. The van der Waals surface area contributed by atoms with E-state index in [1.807, 2.05) is 19.1 Å². The van der Waals surface area contributed by atoms with Crippen molar-refractivity contribution in [2.24, 2.45) is 5.73 Å². The maximum absolute atomic E-state index is 5.75. The van der Waals surface area contributed by atoms with E-state index in [9.17, 15) is 0 Å². The highest BCUT2D eigenvalue weighted by Crippen LogP contribution is 2.25. The van der Waals surface area contributed by atoms with E-state index >= 15 is 0 Å². The number of nitrogens with zero attached hydrogens (tertiary/aromatic N) is 1. The SMILES string of the molecule is CC(N)CCc1nc(-c2cccc(Br)c2)cs1. The van der Waals surface area contributed by atoms with Crippen molar-refractivity contribution in [1.29, 1.82) is 0 Å². The van der Waals surface area contributed by atoms with E-state index in [0.29, 0.717) is 0 Å². The van der Waals surface area contributed by atoms with E-state index in [-0.39, 0.29) is 6.04 Å². The predicted octanol–water partition coefficient (Wildman–Crippen LogP) is 3.85. The molecule has 2 aromatic rings. The Morgan fingerprint density at radius 3 is 3.00 bits per heavy atom. The highest BCUT2D eigenvalue weighted by atomic mass is 79.9. The van der Waals surface area contributed by atoms with E-state index in [1.165, 1.54) is 0 Å². The van der Waals surface area contributed by atoms with Crippen molar-refractivity contribution in [1.82, 2.24) is 4.98 Å². The summed E-state index contributed by atoms with van der Waals surface area (Å²) >= 11 is 5.19. The van der Waals surface area contributed by atoms with Crippen molar-refractivity contribution < 1.29 is 0 Å². The minimum Gasteiger partial charge on any atom is -0.328 e. The van der Waals surface area contributed by atoms with E-state index in [1.54, 1.807) is 11.3 Å². The van der Waals surface area contributed by atoms with Crippen molar-refractivity contribution >= 4 is 27.3 Å². The van der Waals surface area contributed by atoms with Crippen molar-refractivity contribution in [3.05, 3.63) is 39.1 Å². The number of halogens is 1. The molecule has 1 aromatic carbocycles. The van der Waals surface area contributed by atoms with E-state index in [4.69, 9.17) is 5.73 Å². The molecule has 0 spiro atoms. The van der Waals surface area contributed by atoms with Crippen LogP contribution in [-0.4, -0.2) is 11.0 Å². The molecule has 0 amide bonds. The Balaban J connectivity index is 2.12. The quantitative estimate of drug-likeness (QED) is 0.931. The summed E-state index contributed by atoms with van der Waals surface area (Å²) in [6, 6.07) is 8.46. The van der Waals surface area contributed by atoms with Gasteiger partial charge < -0.3 is 5.73 Å². The molecular weight excluding hydrogens is 296 g/mol. The second-order valence-electron chi connectivity index (χ2n) is 4.15. The number of rotatable bonds is 4. The van der Waals surface area contributed by atoms with Gasteiger partial charge in [0.15, 0.2) is 0 Å². The second kappa shape index (κ2) is 5.76. The zero-order chi connectivity index (χ0) is 12.3. The summed E-state index contributed by atoms with van der Waals surface area (Å²) in [5.41, 5.74) is 7.96. The number of benzene rings is 1. The van der Waals surface area contributed by atoms with Crippen molar-refractivity contribution in [2.45, 2.75) is 25.8 Å². The molecule has 1 unspecified atom stereocenters. The standard InChI is InChI=1S/C13H15BrN2S/c1-9(15)5-6-13-16-12(8-17-13)10-3-2-4-11(14)7-10/h2-4,7-9H,5-6,15H2,1H3. The number of thiazole rings is 1. The Morgan fingerprint density at radius 2 is 2.29 bits per heavy atom. The fourth-order valence-corrected chi connectivity index (χ4v) is 2.78. The molecule has 0 saturated heterocycles. The Kier molecular flexibility index (Phi) is 4.31. The van der Waals surface area contributed by atoms with Gasteiger partial charge in [0.2, 0.25) is 0 Å². The predicted molar refractivity (Wildman–Crippen MR) is 77.2 cm³/mol. The van der Waals surface area contributed by atoms with Crippen LogP contribution in [0.3, 0.4) is 0 Å². The molecule has 2 N–H and O–H groups in total. The Labute approximate surface area is 114 Å².